The third-order valence-corrected chi connectivity index (χ3v) is 4.42. The van der Waals surface area contributed by atoms with E-state index < -0.39 is 11.9 Å². The van der Waals surface area contributed by atoms with Crippen LogP contribution < -0.4 is 10.6 Å². The summed E-state index contributed by atoms with van der Waals surface area (Å²) in [7, 11) is 0. The predicted octanol–water partition coefficient (Wildman–Crippen LogP) is 3.41. The van der Waals surface area contributed by atoms with Gasteiger partial charge >= 0.3 is 5.97 Å². The van der Waals surface area contributed by atoms with Gasteiger partial charge in [-0.25, -0.2) is 4.98 Å². The average Bonchev–Trinajstić information content (AvgIpc) is 2.98. The maximum atomic E-state index is 12.8. The lowest BCUT2D eigenvalue weighted by molar-refractivity contribution is -0.142. The monoisotopic (exact) mass is 458 g/mol. The first-order valence-electron chi connectivity index (χ1n) is 8.88. The Balaban J connectivity index is 1.95. The third kappa shape index (κ3) is 5.00. The number of amides is 2. The molecule has 9 heteroatoms. The fourth-order valence-electron chi connectivity index (χ4n) is 2.79. The summed E-state index contributed by atoms with van der Waals surface area (Å²) in [6.45, 7) is 3.38. The van der Waals surface area contributed by atoms with Gasteiger partial charge in [-0.3, -0.25) is 18.8 Å². The molecule has 0 fully saturated rings. The highest BCUT2D eigenvalue weighted by Crippen LogP contribution is 2.23. The minimum atomic E-state index is -0.432. The van der Waals surface area contributed by atoms with Gasteiger partial charge in [0, 0.05) is 28.8 Å². The lowest BCUT2D eigenvalue weighted by Crippen LogP contribution is -2.17. The summed E-state index contributed by atoms with van der Waals surface area (Å²) in [5.74, 6) is -0.683. The molecule has 0 atom stereocenters. The van der Waals surface area contributed by atoms with Gasteiger partial charge in [0.05, 0.1) is 18.7 Å². The molecule has 1 aromatic carbocycles. The van der Waals surface area contributed by atoms with E-state index in [1.54, 1.807) is 47.9 Å². The van der Waals surface area contributed by atoms with Crippen molar-refractivity contribution in [3.63, 3.8) is 0 Å². The maximum absolute atomic E-state index is 12.8. The summed E-state index contributed by atoms with van der Waals surface area (Å²) < 4.78 is 7.49. The average molecular weight is 459 g/mol. The summed E-state index contributed by atoms with van der Waals surface area (Å²) in [4.78, 5) is 40.5. The van der Waals surface area contributed by atoms with E-state index >= 15 is 0 Å². The van der Waals surface area contributed by atoms with Crippen molar-refractivity contribution >= 4 is 50.9 Å². The van der Waals surface area contributed by atoms with Crippen molar-refractivity contribution in [2.24, 2.45) is 0 Å². The van der Waals surface area contributed by atoms with Gasteiger partial charge in [-0.15, -0.1) is 0 Å². The Hall–Kier alpha value is -3.20. The van der Waals surface area contributed by atoms with Gasteiger partial charge in [-0.05, 0) is 53.2 Å². The number of hydrogen-bond acceptors (Lipinski definition) is 5. The number of pyridine rings is 1. The number of anilines is 2. The normalized spacial score (nSPS) is 10.6. The highest BCUT2D eigenvalue weighted by atomic mass is 79.9. The maximum Gasteiger partial charge on any atom is 0.312 e. The standard InChI is InChI=1S/C20H19BrN4O4/c1-3-29-18(27)10-16-19(25-11-14(21)7-8-17(25)23-16)24-20(28)13-5-4-6-15(9-13)22-12(2)26/h4-9,11H,3,10H2,1-2H3,(H,22,26)(H,24,28). The molecule has 0 saturated carbocycles. The molecule has 0 aliphatic rings. The van der Waals surface area contributed by atoms with E-state index in [0.717, 1.165) is 4.47 Å². The van der Waals surface area contributed by atoms with Crippen molar-refractivity contribution in [2.75, 3.05) is 17.2 Å². The molecule has 29 heavy (non-hydrogen) atoms. The second kappa shape index (κ2) is 8.87. The zero-order valence-corrected chi connectivity index (χ0v) is 17.4. The number of rotatable bonds is 6. The Labute approximate surface area is 175 Å². The van der Waals surface area contributed by atoms with Crippen LogP contribution in [0.4, 0.5) is 11.5 Å². The molecule has 2 amide bonds. The number of nitrogens with zero attached hydrogens (tertiary/aromatic N) is 2. The van der Waals surface area contributed by atoms with Gasteiger partial charge in [0.15, 0.2) is 0 Å². The van der Waals surface area contributed by atoms with E-state index in [1.165, 1.54) is 6.92 Å². The Morgan fingerprint density at radius 2 is 1.97 bits per heavy atom. The van der Waals surface area contributed by atoms with Crippen LogP contribution in [0, 0.1) is 0 Å². The van der Waals surface area contributed by atoms with Crippen LogP contribution in [0.1, 0.15) is 29.9 Å². The topological polar surface area (TPSA) is 102 Å². The number of aromatic nitrogens is 2. The Morgan fingerprint density at radius 3 is 2.69 bits per heavy atom. The number of halogens is 1. The minimum absolute atomic E-state index is 0.0747. The number of carbonyl (C=O) groups is 3. The van der Waals surface area contributed by atoms with Crippen LogP contribution >= 0.6 is 15.9 Å². The van der Waals surface area contributed by atoms with Crippen molar-refractivity contribution in [1.29, 1.82) is 0 Å². The Kier molecular flexibility index (Phi) is 6.28. The molecular formula is C20H19BrN4O4. The largest absolute Gasteiger partial charge is 0.466 e. The van der Waals surface area contributed by atoms with Gasteiger partial charge < -0.3 is 15.4 Å². The summed E-state index contributed by atoms with van der Waals surface area (Å²) in [6, 6.07) is 10.1. The van der Waals surface area contributed by atoms with E-state index in [1.807, 2.05) is 6.07 Å². The summed E-state index contributed by atoms with van der Waals surface area (Å²) in [5, 5.41) is 5.47. The Bertz CT molecular complexity index is 1090. The van der Waals surface area contributed by atoms with Crippen LogP contribution in [-0.4, -0.2) is 33.8 Å². The molecule has 150 valence electrons. The molecule has 0 aliphatic carbocycles. The molecule has 0 aliphatic heterocycles. The van der Waals surface area contributed by atoms with Gasteiger partial charge in [-0.2, -0.15) is 0 Å². The van der Waals surface area contributed by atoms with Crippen molar-refractivity contribution in [3.05, 3.63) is 58.3 Å². The number of imidazole rings is 1. The minimum Gasteiger partial charge on any atom is -0.466 e. The summed E-state index contributed by atoms with van der Waals surface area (Å²) in [6.07, 6.45) is 1.68. The molecule has 0 spiro atoms. The number of hydrogen-bond donors (Lipinski definition) is 2. The molecule has 0 unspecified atom stereocenters. The van der Waals surface area contributed by atoms with Crippen LogP contribution in [0.2, 0.25) is 0 Å². The van der Waals surface area contributed by atoms with E-state index in [-0.39, 0.29) is 18.9 Å². The molecule has 2 aromatic heterocycles. The van der Waals surface area contributed by atoms with Crippen molar-refractivity contribution in [1.82, 2.24) is 9.38 Å². The first-order chi connectivity index (χ1) is 13.9. The van der Waals surface area contributed by atoms with Crippen molar-refractivity contribution in [2.45, 2.75) is 20.3 Å². The van der Waals surface area contributed by atoms with Gasteiger partial charge in [0.2, 0.25) is 5.91 Å². The van der Waals surface area contributed by atoms with E-state index in [2.05, 4.69) is 31.5 Å². The first kappa shape index (κ1) is 20.5. The number of nitrogens with one attached hydrogen (secondary N) is 2. The van der Waals surface area contributed by atoms with E-state index in [4.69, 9.17) is 4.74 Å². The number of fused-ring (bicyclic) bond motifs is 1. The molecule has 2 N–H and O–H groups in total. The van der Waals surface area contributed by atoms with Crippen LogP contribution in [0.15, 0.2) is 47.1 Å². The lowest BCUT2D eigenvalue weighted by atomic mass is 10.2. The fourth-order valence-corrected chi connectivity index (χ4v) is 3.13. The first-order valence-corrected chi connectivity index (χ1v) is 9.67. The Morgan fingerprint density at radius 1 is 1.17 bits per heavy atom. The van der Waals surface area contributed by atoms with Gasteiger partial charge in [-0.1, -0.05) is 6.07 Å². The number of ether oxygens (including phenoxy) is 1. The van der Waals surface area contributed by atoms with Crippen molar-refractivity contribution in [3.8, 4) is 0 Å². The zero-order chi connectivity index (χ0) is 21.0. The second-order valence-electron chi connectivity index (χ2n) is 6.18. The van der Waals surface area contributed by atoms with Gasteiger partial charge in [0.25, 0.3) is 5.91 Å². The smallest absolute Gasteiger partial charge is 0.312 e. The highest BCUT2D eigenvalue weighted by molar-refractivity contribution is 9.10. The summed E-state index contributed by atoms with van der Waals surface area (Å²) in [5.41, 5.74) is 1.84. The fraction of sp³-hybridized carbons (Fsp3) is 0.200. The molecule has 2 heterocycles. The number of carbonyl (C=O) groups excluding carboxylic acids is 3. The molecule has 0 saturated heterocycles. The molecule has 0 radical (unpaired) electrons. The molecule has 8 nitrogen and oxygen atoms in total. The number of benzene rings is 1. The molecule has 0 bridgehead atoms. The lowest BCUT2D eigenvalue weighted by Gasteiger charge is -2.09. The zero-order valence-electron chi connectivity index (χ0n) is 15.9. The van der Waals surface area contributed by atoms with Crippen LogP contribution in [0.3, 0.4) is 0 Å². The number of esters is 1. The van der Waals surface area contributed by atoms with Crippen LogP contribution in [0.25, 0.3) is 5.65 Å². The predicted molar refractivity (Wildman–Crippen MR) is 112 cm³/mol. The molecule has 3 aromatic rings. The van der Waals surface area contributed by atoms with Crippen LogP contribution in [-0.2, 0) is 20.7 Å². The third-order valence-electron chi connectivity index (χ3n) is 3.95. The SMILES string of the molecule is CCOC(=O)Cc1nc2ccc(Br)cn2c1NC(=O)c1cccc(NC(C)=O)c1. The van der Waals surface area contributed by atoms with Crippen molar-refractivity contribution < 1.29 is 19.1 Å². The summed E-state index contributed by atoms with van der Waals surface area (Å²) >= 11 is 3.40. The van der Waals surface area contributed by atoms with Gasteiger partial charge in [0.1, 0.15) is 11.5 Å². The second-order valence-corrected chi connectivity index (χ2v) is 7.10. The highest BCUT2D eigenvalue weighted by Gasteiger charge is 2.19. The van der Waals surface area contributed by atoms with Crippen LogP contribution in [0.5, 0.6) is 0 Å². The van der Waals surface area contributed by atoms with E-state index in [0.29, 0.717) is 28.4 Å². The molecular weight excluding hydrogens is 440 g/mol. The molecule has 3 rings (SSSR count). The van der Waals surface area contributed by atoms with E-state index in [9.17, 15) is 14.4 Å². The quantitative estimate of drug-likeness (QED) is 0.551.